The number of aromatic nitrogens is 3. The lowest BCUT2D eigenvalue weighted by atomic mass is 10.4. The van der Waals surface area contributed by atoms with Crippen molar-refractivity contribution in [2.45, 2.75) is 11.8 Å². The molecule has 1 amide bonds. The highest BCUT2D eigenvalue weighted by Crippen LogP contribution is 2.17. The van der Waals surface area contributed by atoms with Crippen molar-refractivity contribution in [1.29, 1.82) is 0 Å². The fraction of sp³-hybridized carbons (Fsp3) is 0.0714. The van der Waals surface area contributed by atoms with Crippen molar-refractivity contribution in [2.24, 2.45) is 0 Å². The lowest BCUT2D eigenvalue weighted by Gasteiger charge is -2.04. The van der Waals surface area contributed by atoms with Crippen molar-refractivity contribution in [3.8, 4) is 0 Å². The molecule has 0 spiro atoms. The number of amides is 1. The summed E-state index contributed by atoms with van der Waals surface area (Å²) < 4.78 is 27.6. The van der Waals surface area contributed by atoms with Crippen LogP contribution in [0.1, 0.15) is 16.2 Å². The summed E-state index contributed by atoms with van der Waals surface area (Å²) >= 11 is 6.04. The number of halogens is 1. The van der Waals surface area contributed by atoms with Gasteiger partial charge in [0.15, 0.2) is 5.65 Å². The number of sulfonamides is 1. The van der Waals surface area contributed by atoms with Gasteiger partial charge in [-0.2, -0.15) is 5.10 Å². The van der Waals surface area contributed by atoms with Crippen LogP contribution >= 0.6 is 11.6 Å². The third kappa shape index (κ3) is 3.03. The van der Waals surface area contributed by atoms with E-state index in [9.17, 15) is 13.2 Å². The average molecular weight is 351 g/mol. The zero-order valence-electron chi connectivity index (χ0n) is 11.9. The number of rotatable bonds is 3. The van der Waals surface area contributed by atoms with Gasteiger partial charge in [-0.3, -0.25) is 4.79 Å². The van der Waals surface area contributed by atoms with Gasteiger partial charge in [0.05, 0.1) is 21.8 Å². The van der Waals surface area contributed by atoms with Gasteiger partial charge in [0, 0.05) is 0 Å². The number of hydrogen-bond acceptors (Lipinski definition) is 5. The van der Waals surface area contributed by atoms with Gasteiger partial charge in [-0.1, -0.05) is 29.8 Å². The second-order valence-corrected chi connectivity index (χ2v) is 6.87. The summed E-state index contributed by atoms with van der Waals surface area (Å²) in [7, 11) is -3.97. The maximum Gasteiger partial charge on any atom is 0.285 e. The zero-order valence-corrected chi connectivity index (χ0v) is 13.5. The van der Waals surface area contributed by atoms with Crippen molar-refractivity contribution < 1.29 is 13.2 Å². The molecule has 0 unspecified atom stereocenters. The molecular weight excluding hydrogens is 340 g/mol. The Morgan fingerprint density at radius 2 is 1.96 bits per heavy atom. The van der Waals surface area contributed by atoms with Crippen LogP contribution in [0.5, 0.6) is 0 Å². The third-order valence-corrected chi connectivity index (χ3v) is 4.64. The fourth-order valence-corrected chi connectivity index (χ4v) is 3.27. The van der Waals surface area contributed by atoms with Crippen molar-refractivity contribution in [1.82, 2.24) is 19.3 Å². The van der Waals surface area contributed by atoms with Crippen LogP contribution in [0, 0.1) is 6.92 Å². The molecule has 9 heteroatoms. The summed E-state index contributed by atoms with van der Waals surface area (Å²) in [6, 6.07) is 9.19. The Morgan fingerprint density at radius 1 is 1.26 bits per heavy atom. The first-order chi connectivity index (χ1) is 10.9. The number of imidazole rings is 1. The molecule has 0 aliphatic rings. The smallest absolute Gasteiger partial charge is 0.266 e. The maximum absolute atomic E-state index is 12.2. The minimum absolute atomic E-state index is 0.0101. The van der Waals surface area contributed by atoms with Gasteiger partial charge in [-0.15, -0.1) is 0 Å². The quantitative estimate of drug-likeness (QED) is 0.777. The Morgan fingerprint density at radius 3 is 2.65 bits per heavy atom. The summed E-state index contributed by atoms with van der Waals surface area (Å²) in [5, 5.41) is 4.46. The van der Waals surface area contributed by atoms with Gasteiger partial charge in [0.1, 0.15) is 5.69 Å². The van der Waals surface area contributed by atoms with E-state index in [1.165, 1.54) is 22.8 Å². The molecule has 2 heterocycles. The molecule has 0 aliphatic heterocycles. The molecule has 7 nitrogen and oxygen atoms in total. The molecule has 3 rings (SSSR count). The third-order valence-electron chi connectivity index (χ3n) is 3.02. The van der Waals surface area contributed by atoms with E-state index >= 15 is 0 Å². The zero-order chi connectivity index (χ0) is 16.6. The predicted octanol–water partition coefficient (Wildman–Crippen LogP) is 1.81. The minimum Gasteiger partial charge on any atom is -0.266 e. The van der Waals surface area contributed by atoms with E-state index in [2.05, 4.69) is 10.1 Å². The Bertz CT molecular complexity index is 1000. The Labute approximate surface area is 137 Å². The highest BCUT2D eigenvalue weighted by atomic mass is 35.5. The number of benzene rings is 1. The first-order valence-electron chi connectivity index (χ1n) is 6.51. The topological polar surface area (TPSA) is 93.4 Å². The number of fused-ring (bicyclic) bond motifs is 1. The molecule has 118 valence electrons. The second-order valence-electron chi connectivity index (χ2n) is 4.78. The molecule has 1 aromatic carbocycles. The van der Waals surface area contributed by atoms with Gasteiger partial charge in [0.25, 0.3) is 15.9 Å². The van der Waals surface area contributed by atoms with E-state index in [0.29, 0.717) is 10.7 Å². The molecule has 0 aliphatic carbocycles. The van der Waals surface area contributed by atoms with E-state index in [4.69, 9.17) is 11.6 Å². The number of aryl methyl sites for hydroxylation is 1. The number of hydrogen-bond donors (Lipinski definition) is 1. The monoisotopic (exact) mass is 350 g/mol. The van der Waals surface area contributed by atoms with E-state index < -0.39 is 15.9 Å². The SMILES string of the molecule is Cc1cc(Cl)c2nc(C(=O)NS(=O)(=O)c3ccccc3)cn2n1. The molecule has 1 N–H and O–H groups in total. The molecule has 0 radical (unpaired) electrons. The highest BCUT2D eigenvalue weighted by molar-refractivity contribution is 7.90. The summed E-state index contributed by atoms with van der Waals surface area (Å²) in [4.78, 5) is 16.2. The summed E-state index contributed by atoms with van der Waals surface area (Å²) in [5.41, 5.74) is 0.827. The van der Waals surface area contributed by atoms with Crippen LogP contribution in [0.15, 0.2) is 47.5 Å². The van der Waals surface area contributed by atoms with Crippen LogP contribution in [0.2, 0.25) is 5.02 Å². The summed E-state index contributed by atoms with van der Waals surface area (Å²) in [5.74, 6) is -0.854. The van der Waals surface area contributed by atoms with Crippen LogP contribution < -0.4 is 4.72 Å². The molecule has 0 saturated heterocycles. The highest BCUT2D eigenvalue weighted by Gasteiger charge is 2.21. The molecule has 0 atom stereocenters. The number of carbonyl (C=O) groups is 1. The molecule has 3 aromatic rings. The number of nitrogens with zero attached hydrogens (tertiary/aromatic N) is 3. The van der Waals surface area contributed by atoms with Crippen LogP contribution in [0.4, 0.5) is 0 Å². The second kappa shape index (κ2) is 5.64. The lowest BCUT2D eigenvalue weighted by molar-refractivity contribution is 0.0977. The summed E-state index contributed by atoms with van der Waals surface area (Å²) in [6.45, 7) is 1.74. The van der Waals surface area contributed by atoms with Gasteiger partial charge in [-0.05, 0) is 25.1 Å². The lowest BCUT2D eigenvalue weighted by Crippen LogP contribution is -2.30. The van der Waals surface area contributed by atoms with E-state index in [-0.39, 0.29) is 16.2 Å². The largest absolute Gasteiger partial charge is 0.285 e. The maximum atomic E-state index is 12.2. The van der Waals surface area contributed by atoms with Crippen LogP contribution in [-0.4, -0.2) is 28.9 Å². The molecular formula is C14H11ClN4O3S. The first kappa shape index (κ1) is 15.4. The van der Waals surface area contributed by atoms with Gasteiger partial charge in [0.2, 0.25) is 0 Å². The van der Waals surface area contributed by atoms with Crippen molar-refractivity contribution in [3.05, 3.63) is 59.0 Å². The normalized spacial score (nSPS) is 11.6. The minimum atomic E-state index is -3.97. The molecule has 23 heavy (non-hydrogen) atoms. The average Bonchev–Trinajstić information content (AvgIpc) is 2.92. The molecule has 0 fully saturated rings. The Hall–Kier alpha value is -2.45. The van der Waals surface area contributed by atoms with Crippen LogP contribution in [0.25, 0.3) is 5.65 Å². The standard InChI is InChI=1S/C14H11ClN4O3S/c1-9-7-11(15)13-16-12(8-19(13)17-9)14(20)18-23(21,22)10-5-3-2-4-6-10/h2-8H,1H3,(H,18,20). The van der Waals surface area contributed by atoms with E-state index in [1.807, 2.05) is 4.72 Å². The van der Waals surface area contributed by atoms with Gasteiger partial charge in [-0.25, -0.2) is 22.6 Å². The van der Waals surface area contributed by atoms with Crippen molar-refractivity contribution in [2.75, 3.05) is 0 Å². The first-order valence-corrected chi connectivity index (χ1v) is 8.38. The van der Waals surface area contributed by atoms with Crippen LogP contribution in [-0.2, 0) is 10.0 Å². The van der Waals surface area contributed by atoms with Gasteiger partial charge >= 0.3 is 0 Å². The Kier molecular flexibility index (Phi) is 3.78. The van der Waals surface area contributed by atoms with Crippen molar-refractivity contribution >= 4 is 33.2 Å². The van der Waals surface area contributed by atoms with Gasteiger partial charge < -0.3 is 0 Å². The van der Waals surface area contributed by atoms with E-state index in [0.717, 1.165) is 0 Å². The van der Waals surface area contributed by atoms with Crippen molar-refractivity contribution in [3.63, 3.8) is 0 Å². The predicted molar refractivity (Wildman–Crippen MR) is 83.8 cm³/mol. The Balaban J connectivity index is 1.94. The molecule has 2 aromatic heterocycles. The molecule has 0 bridgehead atoms. The summed E-state index contributed by atoms with van der Waals surface area (Å²) in [6.07, 6.45) is 1.32. The molecule has 0 saturated carbocycles. The van der Waals surface area contributed by atoms with Crippen LogP contribution in [0.3, 0.4) is 0 Å². The number of nitrogens with one attached hydrogen (secondary N) is 1. The number of carbonyl (C=O) groups excluding carboxylic acids is 1. The fourth-order valence-electron chi connectivity index (χ4n) is 2.00. The van der Waals surface area contributed by atoms with E-state index in [1.54, 1.807) is 31.2 Å².